The Kier molecular flexibility index (Phi) is 7.27. The standard InChI is InChI=1S/C26H32N4O3/c1-3-4-16-30-24(31)17-21(25(30)19-10-12-20(33-2)13-11-19)26(32)27-14-7-15-29-18-28-22-8-5-6-9-23(22)29/h5-6,8-13,18,21,25H,3-4,7,14-17H2,1-2H3,(H,27,32)/t21-,25+/m1/s1. The average molecular weight is 449 g/mol. The number of aromatic nitrogens is 2. The molecule has 2 aromatic carbocycles. The molecule has 0 bridgehead atoms. The summed E-state index contributed by atoms with van der Waals surface area (Å²) >= 11 is 0. The van der Waals surface area contributed by atoms with Gasteiger partial charge in [-0.2, -0.15) is 0 Å². The number of hydrogen-bond donors (Lipinski definition) is 1. The number of aryl methyl sites for hydroxylation is 1. The third kappa shape index (κ3) is 5.02. The smallest absolute Gasteiger partial charge is 0.226 e. The van der Waals surface area contributed by atoms with Gasteiger partial charge in [0.25, 0.3) is 0 Å². The highest BCUT2D eigenvalue weighted by atomic mass is 16.5. The number of rotatable bonds is 10. The molecule has 1 N–H and O–H groups in total. The van der Waals surface area contributed by atoms with Crippen LogP contribution < -0.4 is 10.1 Å². The second-order valence-electron chi connectivity index (χ2n) is 8.54. The van der Waals surface area contributed by atoms with Crippen molar-refractivity contribution >= 4 is 22.8 Å². The number of para-hydroxylation sites is 2. The Bertz CT molecular complexity index is 1090. The molecule has 1 aromatic heterocycles. The molecule has 0 aliphatic carbocycles. The number of methoxy groups -OCH3 is 1. The van der Waals surface area contributed by atoms with E-state index < -0.39 is 5.92 Å². The highest BCUT2D eigenvalue weighted by Crippen LogP contribution is 2.39. The molecular formula is C26H32N4O3. The molecule has 7 heteroatoms. The van der Waals surface area contributed by atoms with Gasteiger partial charge in [-0.15, -0.1) is 0 Å². The molecule has 3 aromatic rings. The second kappa shape index (κ2) is 10.5. The van der Waals surface area contributed by atoms with Crippen LogP contribution in [-0.4, -0.2) is 46.5 Å². The third-order valence-electron chi connectivity index (χ3n) is 6.38. The highest BCUT2D eigenvalue weighted by Gasteiger charge is 2.43. The zero-order valence-corrected chi connectivity index (χ0v) is 19.4. The number of benzene rings is 2. The average Bonchev–Trinajstić information content (AvgIpc) is 3.41. The summed E-state index contributed by atoms with van der Waals surface area (Å²) in [6.45, 7) is 4.11. The van der Waals surface area contributed by atoms with Crippen LogP contribution in [0.4, 0.5) is 0 Å². The maximum Gasteiger partial charge on any atom is 0.226 e. The summed E-state index contributed by atoms with van der Waals surface area (Å²) in [6.07, 6.45) is 4.80. The lowest BCUT2D eigenvalue weighted by atomic mass is 9.92. The quantitative estimate of drug-likeness (QED) is 0.477. The van der Waals surface area contributed by atoms with Gasteiger partial charge in [0, 0.05) is 26.1 Å². The molecule has 0 spiro atoms. The molecule has 2 atom stereocenters. The number of unbranched alkanes of at least 4 members (excludes halogenated alkanes) is 1. The minimum absolute atomic E-state index is 0.0503. The van der Waals surface area contributed by atoms with Crippen molar-refractivity contribution in [3.8, 4) is 5.75 Å². The Morgan fingerprint density at radius 2 is 1.91 bits per heavy atom. The van der Waals surface area contributed by atoms with Gasteiger partial charge in [0.05, 0.1) is 36.4 Å². The zero-order valence-electron chi connectivity index (χ0n) is 19.4. The lowest BCUT2D eigenvalue weighted by molar-refractivity contribution is -0.129. The van der Waals surface area contributed by atoms with Gasteiger partial charge >= 0.3 is 0 Å². The zero-order chi connectivity index (χ0) is 23.2. The van der Waals surface area contributed by atoms with Crippen molar-refractivity contribution in [1.29, 1.82) is 0 Å². The van der Waals surface area contributed by atoms with Gasteiger partial charge in [0.15, 0.2) is 0 Å². The van der Waals surface area contributed by atoms with Gasteiger partial charge in [-0.1, -0.05) is 37.6 Å². The molecule has 1 saturated heterocycles. The van der Waals surface area contributed by atoms with Crippen molar-refractivity contribution in [3.05, 3.63) is 60.4 Å². The predicted octanol–water partition coefficient (Wildman–Crippen LogP) is 3.94. The second-order valence-corrected chi connectivity index (χ2v) is 8.54. The van der Waals surface area contributed by atoms with Crippen LogP contribution in [0.1, 0.15) is 44.2 Å². The van der Waals surface area contributed by atoms with Gasteiger partial charge < -0.3 is 19.5 Å². The fourth-order valence-electron chi connectivity index (χ4n) is 4.61. The molecule has 7 nitrogen and oxygen atoms in total. The molecule has 174 valence electrons. The van der Waals surface area contributed by atoms with E-state index in [2.05, 4.69) is 27.9 Å². The topological polar surface area (TPSA) is 76.5 Å². The van der Waals surface area contributed by atoms with E-state index in [-0.39, 0.29) is 24.3 Å². The van der Waals surface area contributed by atoms with Gasteiger partial charge in [-0.3, -0.25) is 9.59 Å². The van der Waals surface area contributed by atoms with E-state index in [1.165, 1.54) is 0 Å². The van der Waals surface area contributed by atoms with Crippen LogP contribution in [0.3, 0.4) is 0 Å². The molecule has 0 unspecified atom stereocenters. The Balaban J connectivity index is 1.41. The van der Waals surface area contributed by atoms with Crippen LogP contribution in [0.2, 0.25) is 0 Å². The van der Waals surface area contributed by atoms with E-state index in [9.17, 15) is 9.59 Å². The first-order chi connectivity index (χ1) is 16.1. The summed E-state index contributed by atoms with van der Waals surface area (Å²) in [4.78, 5) is 32.3. The molecule has 0 radical (unpaired) electrons. The van der Waals surface area contributed by atoms with Crippen molar-refractivity contribution in [2.75, 3.05) is 20.2 Å². The van der Waals surface area contributed by atoms with E-state index in [0.29, 0.717) is 13.1 Å². The minimum atomic E-state index is -0.392. The molecule has 2 amide bonds. The summed E-state index contributed by atoms with van der Waals surface area (Å²) in [7, 11) is 1.63. The maximum atomic E-state index is 13.2. The number of fused-ring (bicyclic) bond motifs is 1. The summed E-state index contributed by atoms with van der Waals surface area (Å²) in [6, 6.07) is 15.5. The number of amides is 2. The Labute approximate surface area is 194 Å². The van der Waals surface area contributed by atoms with Crippen molar-refractivity contribution in [3.63, 3.8) is 0 Å². The molecule has 1 aliphatic rings. The van der Waals surface area contributed by atoms with Crippen LogP contribution in [0, 0.1) is 5.92 Å². The lowest BCUT2D eigenvalue weighted by Crippen LogP contribution is -2.36. The first-order valence-corrected chi connectivity index (χ1v) is 11.7. The first-order valence-electron chi connectivity index (χ1n) is 11.7. The summed E-state index contributed by atoms with van der Waals surface area (Å²) in [5.74, 6) is 0.362. The number of hydrogen-bond acceptors (Lipinski definition) is 4. The van der Waals surface area contributed by atoms with Gasteiger partial charge in [-0.25, -0.2) is 4.98 Å². The van der Waals surface area contributed by atoms with E-state index in [4.69, 9.17) is 4.74 Å². The molecule has 33 heavy (non-hydrogen) atoms. The van der Waals surface area contributed by atoms with Crippen molar-refractivity contribution in [2.24, 2.45) is 5.92 Å². The number of nitrogens with one attached hydrogen (secondary N) is 1. The number of carbonyl (C=O) groups excluding carboxylic acids is 2. The number of nitrogens with zero attached hydrogens (tertiary/aromatic N) is 3. The van der Waals surface area contributed by atoms with Crippen LogP contribution in [0.25, 0.3) is 11.0 Å². The lowest BCUT2D eigenvalue weighted by Gasteiger charge is -2.28. The Morgan fingerprint density at radius 3 is 2.67 bits per heavy atom. The van der Waals surface area contributed by atoms with Crippen LogP contribution >= 0.6 is 0 Å². The van der Waals surface area contributed by atoms with Crippen LogP contribution in [-0.2, 0) is 16.1 Å². The van der Waals surface area contributed by atoms with Gasteiger partial charge in [0.1, 0.15) is 5.75 Å². The number of ether oxygens (including phenoxy) is 1. The maximum absolute atomic E-state index is 13.2. The van der Waals surface area contributed by atoms with Crippen molar-refractivity contribution in [1.82, 2.24) is 19.8 Å². The van der Waals surface area contributed by atoms with E-state index in [1.807, 2.05) is 53.7 Å². The Morgan fingerprint density at radius 1 is 1.12 bits per heavy atom. The monoisotopic (exact) mass is 448 g/mol. The first kappa shape index (κ1) is 22.8. The fraction of sp³-hybridized carbons (Fsp3) is 0.423. The van der Waals surface area contributed by atoms with E-state index >= 15 is 0 Å². The summed E-state index contributed by atoms with van der Waals surface area (Å²) in [5.41, 5.74) is 3.04. The molecule has 4 rings (SSSR count). The molecular weight excluding hydrogens is 416 g/mol. The van der Waals surface area contributed by atoms with Crippen molar-refractivity contribution < 1.29 is 14.3 Å². The summed E-state index contributed by atoms with van der Waals surface area (Å²) < 4.78 is 7.38. The van der Waals surface area contributed by atoms with Crippen LogP contribution in [0.5, 0.6) is 5.75 Å². The molecule has 2 heterocycles. The number of likely N-dealkylation sites (tertiary alicyclic amines) is 1. The highest BCUT2D eigenvalue weighted by molar-refractivity contribution is 5.90. The van der Waals surface area contributed by atoms with Gasteiger partial charge in [0.2, 0.25) is 11.8 Å². The molecule has 1 fully saturated rings. The van der Waals surface area contributed by atoms with Gasteiger partial charge in [-0.05, 0) is 42.7 Å². The van der Waals surface area contributed by atoms with E-state index in [0.717, 1.165) is 48.2 Å². The number of imidazole rings is 1. The Hall–Kier alpha value is -3.35. The number of carbonyl (C=O) groups is 2. The fourth-order valence-corrected chi connectivity index (χ4v) is 4.61. The normalized spacial score (nSPS) is 18.1. The SMILES string of the molecule is CCCCN1C(=O)C[C@@H](C(=O)NCCCn2cnc3ccccc32)[C@@H]1c1ccc(OC)cc1. The summed E-state index contributed by atoms with van der Waals surface area (Å²) in [5, 5.41) is 3.08. The van der Waals surface area contributed by atoms with Crippen LogP contribution in [0.15, 0.2) is 54.9 Å². The third-order valence-corrected chi connectivity index (χ3v) is 6.38. The van der Waals surface area contributed by atoms with Crippen molar-refractivity contribution in [2.45, 2.75) is 45.2 Å². The molecule has 0 saturated carbocycles. The van der Waals surface area contributed by atoms with E-state index in [1.54, 1.807) is 7.11 Å². The molecule has 1 aliphatic heterocycles. The predicted molar refractivity (Wildman–Crippen MR) is 128 cm³/mol. The largest absolute Gasteiger partial charge is 0.497 e. The minimum Gasteiger partial charge on any atom is -0.497 e.